The van der Waals surface area contributed by atoms with Gasteiger partial charge in [-0.05, 0) is 72.0 Å². The van der Waals surface area contributed by atoms with Gasteiger partial charge in [0.2, 0.25) is 0 Å². The number of ether oxygens (including phenoxy) is 2. The molecular formula is C44H70O3. The molecule has 0 aliphatic heterocycles. The predicted octanol–water partition coefficient (Wildman–Crippen LogP) is 12.9. The topological polar surface area (TPSA) is 35.5 Å². The minimum atomic E-state index is -0.384. The first-order valence-electron chi connectivity index (χ1n) is 17.3. The van der Waals surface area contributed by atoms with E-state index in [0.717, 1.165) is 37.0 Å². The minimum Gasteiger partial charge on any atom is -0.494 e. The maximum Gasteiger partial charge on any atom is 0.333 e. The number of esters is 1. The molecule has 0 heterocycles. The van der Waals surface area contributed by atoms with Crippen molar-refractivity contribution in [3.05, 3.63) is 122 Å². The van der Waals surface area contributed by atoms with Crippen LogP contribution in [0, 0.1) is 22.2 Å². The Labute approximate surface area is 291 Å². The molecule has 0 amide bonds. The molecule has 0 N–H and O–H groups in total. The smallest absolute Gasteiger partial charge is 0.333 e. The van der Waals surface area contributed by atoms with Crippen molar-refractivity contribution in [2.45, 2.75) is 115 Å². The number of allylic oxidation sites excluding steroid dienone is 8. The van der Waals surface area contributed by atoms with Crippen LogP contribution in [0.2, 0.25) is 0 Å². The molecule has 0 aliphatic carbocycles. The van der Waals surface area contributed by atoms with Crippen molar-refractivity contribution < 1.29 is 14.3 Å². The molecule has 1 rings (SSSR count). The third kappa shape index (κ3) is 18.6. The number of hydrogen-bond donors (Lipinski definition) is 0. The van der Waals surface area contributed by atoms with E-state index in [1.165, 1.54) is 11.1 Å². The predicted molar refractivity (Wildman–Crippen MR) is 209 cm³/mol. The molecule has 3 heteroatoms. The van der Waals surface area contributed by atoms with Gasteiger partial charge in [0.15, 0.2) is 0 Å². The van der Waals surface area contributed by atoms with Crippen molar-refractivity contribution in [3.8, 4) is 0 Å². The van der Waals surface area contributed by atoms with E-state index in [1.807, 2.05) is 32.1 Å². The van der Waals surface area contributed by atoms with Gasteiger partial charge < -0.3 is 9.47 Å². The minimum absolute atomic E-state index is 0.142. The Balaban J connectivity index is 0. The summed E-state index contributed by atoms with van der Waals surface area (Å²) < 4.78 is 11.3. The molecule has 0 bridgehead atoms. The van der Waals surface area contributed by atoms with E-state index < -0.39 is 0 Å². The quantitative estimate of drug-likeness (QED) is 0.0555. The highest BCUT2D eigenvalue weighted by atomic mass is 16.6. The van der Waals surface area contributed by atoms with Gasteiger partial charge in [-0.2, -0.15) is 0 Å². The Morgan fingerprint density at radius 2 is 1.43 bits per heavy atom. The molecule has 0 spiro atoms. The Morgan fingerprint density at radius 3 is 1.85 bits per heavy atom. The molecular weight excluding hydrogens is 576 g/mol. The number of aryl methyl sites for hydroxylation is 1. The molecule has 3 unspecified atom stereocenters. The van der Waals surface area contributed by atoms with E-state index in [2.05, 4.69) is 119 Å². The van der Waals surface area contributed by atoms with Gasteiger partial charge in [0.05, 0.1) is 5.76 Å². The summed E-state index contributed by atoms with van der Waals surface area (Å²) in [5.74, 6) is 1.33. The van der Waals surface area contributed by atoms with E-state index in [1.54, 1.807) is 25.2 Å². The second kappa shape index (κ2) is 23.1. The lowest BCUT2D eigenvalue weighted by Gasteiger charge is -2.40. The van der Waals surface area contributed by atoms with Gasteiger partial charge in [-0.25, -0.2) is 4.79 Å². The van der Waals surface area contributed by atoms with Gasteiger partial charge in [-0.15, -0.1) is 0 Å². The van der Waals surface area contributed by atoms with Gasteiger partial charge in [0, 0.05) is 11.0 Å². The SMILES string of the molecule is C=C(C)C(=O)OCCOC(=C)C(C)(CCC(c1ccc(CC)cc1)C(C)(C)C)CC(C)C(C)(C)C.C=C/C=C\C(C=C)=C/C=C.CC. The molecule has 3 atom stereocenters. The summed E-state index contributed by atoms with van der Waals surface area (Å²) in [5, 5.41) is 0. The molecule has 47 heavy (non-hydrogen) atoms. The fourth-order valence-corrected chi connectivity index (χ4v) is 4.99. The zero-order valence-corrected chi connectivity index (χ0v) is 32.4. The maximum atomic E-state index is 11.7. The van der Waals surface area contributed by atoms with Crippen LogP contribution in [-0.4, -0.2) is 19.2 Å². The summed E-state index contributed by atoms with van der Waals surface area (Å²) in [6, 6.07) is 9.16. The lowest BCUT2D eigenvalue weighted by molar-refractivity contribution is -0.140. The Kier molecular flexibility index (Phi) is 22.5. The standard InChI is InChI=1S/C32H52O3.C10H12.C2H6/c1-13-26-14-16-27(17-15-26)28(31(9,10)11)18-19-32(12,22-24(4)30(6,7)8)25(5)34-20-21-35-29(33)23(2)3;1-4-7-9-10(6-3)8-5-2;1-2/h14-17,24,28H,2,5,13,18-22H2,1,3-4,6-12H3;4-9H,1-3H2;1-2H3/b;9-7-,10-8-;. The van der Waals surface area contributed by atoms with Crippen molar-refractivity contribution in [1.82, 2.24) is 0 Å². The van der Waals surface area contributed by atoms with Crippen LogP contribution in [0.25, 0.3) is 0 Å². The highest BCUT2D eigenvalue weighted by Crippen LogP contribution is 2.47. The molecule has 1 aromatic rings. The van der Waals surface area contributed by atoms with Crippen molar-refractivity contribution in [2.24, 2.45) is 22.2 Å². The molecule has 264 valence electrons. The van der Waals surface area contributed by atoms with Crippen LogP contribution in [0.5, 0.6) is 0 Å². The van der Waals surface area contributed by atoms with Crippen molar-refractivity contribution in [3.63, 3.8) is 0 Å². The van der Waals surface area contributed by atoms with Crippen LogP contribution in [-0.2, 0) is 20.7 Å². The molecule has 1 aromatic carbocycles. The highest BCUT2D eigenvalue weighted by molar-refractivity contribution is 5.86. The fourth-order valence-electron chi connectivity index (χ4n) is 4.99. The van der Waals surface area contributed by atoms with Crippen molar-refractivity contribution in [1.29, 1.82) is 0 Å². The van der Waals surface area contributed by atoms with E-state index in [4.69, 9.17) is 9.47 Å². The van der Waals surface area contributed by atoms with Gasteiger partial charge in [-0.1, -0.05) is 170 Å². The molecule has 0 saturated heterocycles. The van der Waals surface area contributed by atoms with Gasteiger partial charge >= 0.3 is 5.97 Å². The molecule has 0 aliphatic rings. The Morgan fingerprint density at radius 1 is 0.872 bits per heavy atom. The zero-order valence-electron chi connectivity index (χ0n) is 32.4. The molecule has 0 saturated carbocycles. The van der Waals surface area contributed by atoms with E-state index in [9.17, 15) is 4.79 Å². The number of carbonyl (C=O) groups is 1. The number of benzene rings is 1. The Bertz CT molecular complexity index is 1160. The third-order valence-corrected chi connectivity index (χ3v) is 8.64. The first kappa shape index (κ1) is 45.8. The largest absolute Gasteiger partial charge is 0.494 e. The first-order valence-corrected chi connectivity index (χ1v) is 17.3. The lowest BCUT2D eigenvalue weighted by atomic mass is 9.66. The van der Waals surface area contributed by atoms with Gasteiger partial charge in [-0.3, -0.25) is 0 Å². The van der Waals surface area contributed by atoms with Crippen LogP contribution in [0.1, 0.15) is 119 Å². The van der Waals surface area contributed by atoms with E-state index in [0.29, 0.717) is 24.0 Å². The van der Waals surface area contributed by atoms with E-state index in [-0.39, 0.29) is 28.8 Å². The summed E-state index contributed by atoms with van der Waals surface area (Å²) in [4.78, 5) is 11.7. The van der Waals surface area contributed by atoms with Crippen LogP contribution in [0.4, 0.5) is 0 Å². The summed E-state index contributed by atoms with van der Waals surface area (Å²) >= 11 is 0. The summed E-state index contributed by atoms with van der Waals surface area (Å²) in [6.45, 7) is 45.6. The van der Waals surface area contributed by atoms with Crippen LogP contribution in [0.3, 0.4) is 0 Å². The maximum absolute atomic E-state index is 11.7. The van der Waals surface area contributed by atoms with Gasteiger partial charge in [0.25, 0.3) is 0 Å². The van der Waals surface area contributed by atoms with E-state index >= 15 is 0 Å². The molecule has 0 radical (unpaired) electrons. The molecule has 0 fully saturated rings. The van der Waals surface area contributed by atoms with Crippen LogP contribution in [0.15, 0.2) is 111 Å². The number of carbonyl (C=O) groups excluding carboxylic acids is 1. The third-order valence-electron chi connectivity index (χ3n) is 8.64. The van der Waals surface area contributed by atoms with Crippen LogP contribution < -0.4 is 0 Å². The monoisotopic (exact) mass is 647 g/mol. The summed E-state index contributed by atoms with van der Waals surface area (Å²) in [6.07, 6.45) is 15.0. The molecule has 0 aromatic heterocycles. The average molecular weight is 647 g/mol. The average Bonchev–Trinajstić information content (AvgIpc) is 3.01. The summed E-state index contributed by atoms with van der Waals surface area (Å²) in [7, 11) is 0. The first-order chi connectivity index (χ1) is 21.9. The fraction of sp³-hybridized carbons (Fsp3) is 0.523. The number of rotatable bonds is 17. The second-order valence-electron chi connectivity index (χ2n) is 14.5. The van der Waals surface area contributed by atoms with Crippen molar-refractivity contribution in [2.75, 3.05) is 13.2 Å². The normalized spacial score (nSPS) is 14.2. The van der Waals surface area contributed by atoms with Gasteiger partial charge in [0.1, 0.15) is 13.2 Å². The zero-order chi connectivity index (χ0) is 36.8. The lowest BCUT2D eigenvalue weighted by Crippen LogP contribution is -2.31. The molecule has 3 nitrogen and oxygen atoms in total. The number of hydrogen-bond acceptors (Lipinski definition) is 3. The highest BCUT2D eigenvalue weighted by Gasteiger charge is 2.37. The summed E-state index contributed by atoms with van der Waals surface area (Å²) in [5.41, 5.74) is 4.36. The second-order valence-corrected chi connectivity index (χ2v) is 14.5. The van der Waals surface area contributed by atoms with Crippen LogP contribution >= 0.6 is 0 Å². The van der Waals surface area contributed by atoms with Crippen molar-refractivity contribution >= 4 is 5.97 Å². The Hall–Kier alpha value is -3.33.